The van der Waals surface area contributed by atoms with E-state index in [-0.39, 0.29) is 0 Å². The Morgan fingerprint density at radius 2 is 1.81 bits per heavy atom. The number of oxazole rings is 1. The molecule has 2 aromatic heterocycles. The maximum Gasteiger partial charge on any atom is 0.214 e. The molecule has 31 heavy (non-hydrogen) atoms. The highest BCUT2D eigenvalue weighted by Gasteiger charge is 2.07. The highest BCUT2D eigenvalue weighted by Crippen LogP contribution is 2.15. The number of fused-ring (bicyclic) bond motifs is 1. The summed E-state index contributed by atoms with van der Waals surface area (Å²) in [7, 11) is 0. The number of benzene rings is 2. The van der Waals surface area contributed by atoms with Crippen molar-refractivity contribution in [2.75, 3.05) is 6.54 Å². The fraction of sp³-hybridized carbons (Fsp3) is 0.292. The molecule has 0 atom stereocenters. The molecule has 0 fully saturated rings. The van der Waals surface area contributed by atoms with Gasteiger partial charge in [0.25, 0.3) is 0 Å². The third-order valence-electron chi connectivity index (χ3n) is 5.15. The number of aromatic nitrogens is 3. The first kappa shape index (κ1) is 20.7. The summed E-state index contributed by atoms with van der Waals surface area (Å²) < 4.78 is 7.79. The minimum absolute atomic E-state index is 0.498. The van der Waals surface area contributed by atoms with Crippen LogP contribution in [-0.2, 0) is 19.6 Å². The summed E-state index contributed by atoms with van der Waals surface area (Å²) in [6.45, 7) is 8.58. The molecule has 4 rings (SSSR count). The summed E-state index contributed by atoms with van der Waals surface area (Å²) in [5.74, 6) is 2.25. The molecule has 0 radical (unpaired) electrons. The first-order valence-corrected chi connectivity index (χ1v) is 10.5. The van der Waals surface area contributed by atoms with E-state index in [9.17, 15) is 0 Å². The van der Waals surface area contributed by atoms with Gasteiger partial charge in [-0.15, -0.1) is 0 Å². The van der Waals surface area contributed by atoms with Crippen molar-refractivity contribution in [2.45, 2.75) is 40.4 Å². The first-order chi connectivity index (χ1) is 15.1. The Labute approximate surface area is 182 Å². The second kappa shape index (κ2) is 9.47. The Morgan fingerprint density at radius 3 is 2.55 bits per heavy atom. The number of guanidine groups is 1. The van der Waals surface area contributed by atoms with Crippen LogP contribution in [0.15, 0.2) is 64.3 Å². The molecule has 0 unspecified atom stereocenters. The van der Waals surface area contributed by atoms with Crippen molar-refractivity contribution < 1.29 is 4.42 Å². The topological polar surface area (TPSA) is 80.3 Å². The number of hydrogen-bond acceptors (Lipinski definition) is 4. The Morgan fingerprint density at radius 1 is 1.03 bits per heavy atom. The maximum absolute atomic E-state index is 5.63. The lowest BCUT2D eigenvalue weighted by atomic mass is 10.1. The zero-order chi connectivity index (χ0) is 21.6. The number of hydrogen-bond donors (Lipinski definition) is 2. The summed E-state index contributed by atoms with van der Waals surface area (Å²) in [5, 5.41) is 6.54. The predicted octanol–water partition coefficient (Wildman–Crippen LogP) is 3.94. The van der Waals surface area contributed by atoms with E-state index in [1.165, 1.54) is 5.56 Å². The second-order valence-electron chi connectivity index (χ2n) is 7.48. The fourth-order valence-electron chi connectivity index (χ4n) is 3.37. The molecule has 2 aromatic carbocycles. The number of nitrogens with zero attached hydrogens (tertiary/aromatic N) is 4. The number of para-hydroxylation sites is 2. The van der Waals surface area contributed by atoms with E-state index in [2.05, 4.69) is 60.5 Å². The van der Waals surface area contributed by atoms with Gasteiger partial charge in [-0.25, -0.2) is 15.0 Å². The Bertz CT molecular complexity index is 1150. The fourth-order valence-corrected chi connectivity index (χ4v) is 3.37. The lowest BCUT2D eigenvalue weighted by molar-refractivity contribution is 0.463. The van der Waals surface area contributed by atoms with Gasteiger partial charge in [0, 0.05) is 13.1 Å². The van der Waals surface area contributed by atoms with Gasteiger partial charge in [-0.1, -0.05) is 36.4 Å². The SMILES string of the molecule is CCNC(=NCc1ccc(Cn2cnc3ccccc32)cc1)NCc1nc(C)c(C)o1. The molecule has 0 saturated carbocycles. The third kappa shape index (κ3) is 5.12. The summed E-state index contributed by atoms with van der Waals surface area (Å²) in [4.78, 5) is 13.5. The van der Waals surface area contributed by atoms with E-state index in [1.54, 1.807) is 0 Å². The molecule has 0 spiro atoms. The lowest BCUT2D eigenvalue weighted by Gasteiger charge is -2.10. The van der Waals surface area contributed by atoms with Gasteiger partial charge < -0.3 is 19.6 Å². The maximum atomic E-state index is 5.63. The van der Waals surface area contributed by atoms with Crippen molar-refractivity contribution in [3.05, 3.63) is 83.3 Å². The van der Waals surface area contributed by atoms with E-state index < -0.39 is 0 Å². The molecule has 0 amide bonds. The van der Waals surface area contributed by atoms with Crippen molar-refractivity contribution >= 4 is 17.0 Å². The average Bonchev–Trinajstić information content (AvgIpc) is 3.34. The van der Waals surface area contributed by atoms with Crippen molar-refractivity contribution in [1.29, 1.82) is 0 Å². The van der Waals surface area contributed by atoms with Gasteiger partial charge in [0.2, 0.25) is 5.89 Å². The third-order valence-corrected chi connectivity index (χ3v) is 5.15. The normalized spacial score (nSPS) is 11.8. The van der Waals surface area contributed by atoms with Gasteiger partial charge in [0.1, 0.15) is 5.76 Å². The Kier molecular flexibility index (Phi) is 6.31. The van der Waals surface area contributed by atoms with Crippen LogP contribution in [0.5, 0.6) is 0 Å². The number of aliphatic imine (C=N–C) groups is 1. The van der Waals surface area contributed by atoms with E-state index in [1.807, 2.05) is 45.3 Å². The summed E-state index contributed by atoms with van der Waals surface area (Å²) in [6, 6.07) is 16.7. The molecule has 160 valence electrons. The lowest BCUT2D eigenvalue weighted by Crippen LogP contribution is -2.36. The van der Waals surface area contributed by atoms with Crippen LogP contribution >= 0.6 is 0 Å². The molecular formula is C24H28N6O. The molecule has 4 aromatic rings. The summed E-state index contributed by atoms with van der Waals surface area (Å²) >= 11 is 0. The second-order valence-corrected chi connectivity index (χ2v) is 7.48. The van der Waals surface area contributed by atoms with Crippen LogP contribution < -0.4 is 10.6 Å². The number of aryl methyl sites for hydroxylation is 2. The first-order valence-electron chi connectivity index (χ1n) is 10.5. The number of imidazole rings is 1. The molecule has 0 saturated heterocycles. The Balaban J connectivity index is 1.37. The van der Waals surface area contributed by atoms with Gasteiger partial charge in [-0.2, -0.15) is 0 Å². The molecule has 2 N–H and O–H groups in total. The number of nitrogens with one attached hydrogen (secondary N) is 2. The van der Waals surface area contributed by atoms with Crippen LogP contribution in [-0.4, -0.2) is 27.0 Å². The van der Waals surface area contributed by atoms with Crippen LogP contribution in [0.1, 0.15) is 35.4 Å². The molecular weight excluding hydrogens is 388 g/mol. The Hall–Kier alpha value is -3.61. The monoisotopic (exact) mass is 416 g/mol. The van der Waals surface area contributed by atoms with Gasteiger partial charge in [-0.05, 0) is 44.0 Å². The van der Waals surface area contributed by atoms with Gasteiger partial charge in [-0.3, -0.25) is 0 Å². The summed E-state index contributed by atoms with van der Waals surface area (Å²) in [6.07, 6.45) is 1.90. The van der Waals surface area contributed by atoms with Crippen LogP contribution in [0.4, 0.5) is 0 Å². The van der Waals surface area contributed by atoms with Crippen LogP contribution in [0.25, 0.3) is 11.0 Å². The van der Waals surface area contributed by atoms with Gasteiger partial charge >= 0.3 is 0 Å². The zero-order valence-electron chi connectivity index (χ0n) is 18.2. The van der Waals surface area contributed by atoms with E-state index in [0.717, 1.165) is 47.1 Å². The van der Waals surface area contributed by atoms with Crippen molar-refractivity contribution in [1.82, 2.24) is 25.2 Å². The molecule has 2 heterocycles. The predicted molar refractivity (Wildman–Crippen MR) is 123 cm³/mol. The number of rotatable bonds is 7. The largest absolute Gasteiger partial charge is 0.444 e. The minimum atomic E-state index is 0.498. The zero-order valence-corrected chi connectivity index (χ0v) is 18.2. The van der Waals surface area contributed by atoms with Crippen LogP contribution in [0.2, 0.25) is 0 Å². The molecule has 0 aliphatic heterocycles. The molecule has 0 aliphatic rings. The highest BCUT2D eigenvalue weighted by atomic mass is 16.4. The van der Waals surface area contributed by atoms with Crippen molar-refractivity contribution in [3.8, 4) is 0 Å². The van der Waals surface area contributed by atoms with E-state index in [0.29, 0.717) is 19.0 Å². The minimum Gasteiger partial charge on any atom is -0.444 e. The quantitative estimate of drug-likeness (QED) is 0.352. The molecule has 0 aliphatic carbocycles. The van der Waals surface area contributed by atoms with Crippen molar-refractivity contribution in [3.63, 3.8) is 0 Å². The van der Waals surface area contributed by atoms with E-state index >= 15 is 0 Å². The van der Waals surface area contributed by atoms with Crippen molar-refractivity contribution in [2.24, 2.45) is 4.99 Å². The average molecular weight is 417 g/mol. The standard InChI is InChI=1S/C24H28N6O/c1-4-25-24(27-14-23-29-17(2)18(3)31-23)26-13-19-9-11-20(12-10-19)15-30-16-28-21-7-5-6-8-22(21)30/h5-12,16H,4,13-15H2,1-3H3,(H2,25,26,27). The molecule has 7 heteroatoms. The summed E-state index contributed by atoms with van der Waals surface area (Å²) in [5.41, 5.74) is 5.47. The van der Waals surface area contributed by atoms with Gasteiger partial charge in [0.15, 0.2) is 5.96 Å². The van der Waals surface area contributed by atoms with Crippen LogP contribution in [0, 0.1) is 13.8 Å². The molecule has 0 bridgehead atoms. The van der Waals surface area contributed by atoms with E-state index in [4.69, 9.17) is 4.42 Å². The van der Waals surface area contributed by atoms with Gasteiger partial charge in [0.05, 0.1) is 36.1 Å². The van der Waals surface area contributed by atoms with Crippen LogP contribution in [0.3, 0.4) is 0 Å². The smallest absolute Gasteiger partial charge is 0.214 e. The molecule has 7 nitrogen and oxygen atoms in total. The highest BCUT2D eigenvalue weighted by molar-refractivity contribution is 5.79.